The first kappa shape index (κ1) is 22.3. The van der Waals surface area contributed by atoms with Gasteiger partial charge in [0.2, 0.25) is 0 Å². The molecule has 2 aromatic heterocycles. The molecule has 1 atom stereocenters. The lowest BCUT2D eigenvalue weighted by Crippen LogP contribution is -2.31. The minimum absolute atomic E-state index is 0.116. The third-order valence-electron chi connectivity index (χ3n) is 6.32. The van der Waals surface area contributed by atoms with Crippen LogP contribution in [0.15, 0.2) is 24.0 Å². The molecule has 1 fully saturated rings. The SMILES string of the molecule is CCC(CN1CCOC1=O)n1cc(C)c2nc(C3=CC=C(C(C)C)N(OC)C3)c(C)nc21. The van der Waals surface area contributed by atoms with Crippen LogP contribution in [0.3, 0.4) is 0 Å². The molecular weight excluding hydrogens is 406 g/mol. The van der Waals surface area contributed by atoms with Crippen LogP contribution in [-0.4, -0.2) is 63.9 Å². The normalized spacial score (nSPS) is 17.8. The van der Waals surface area contributed by atoms with Gasteiger partial charge in [-0.15, -0.1) is 0 Å². The van der Waals surface area contributed by atoms with E-state index in [0.29, 0.717) is 32.2 Å². The number of hydrogen-bond acceptors (Lipinski definition) is 6. The van der Waals surface area contributed by atoms with Crippen molar-refractivity contribution in [1.29, 1.82) is 0 Å². The summed E-state index contributed by atoms with van der Waals surface area (Å²) >= 11 is 0. The highest BCUT2D eigenvalue weighted by atomic mass is 16.7. The molecule has 4 rings (SSSR count). The Labute approximate surface area is 189 Å². The number of aromatic nitrogens is 3. The molecule has 8 nitrogen and oxygen atoms in total. The molecule has 1 unspecified atom stereocenters. The highest BCUT2D eigenvalue weighted by Crippen LogP contribution is 2.30. The minimum atomic E-state index is -0.234. The van der Waals surface area contributed by atoms with Crippen molar-refractivity contribution >= 4 is 22.8 Å². The Kier molecular flexibility index (Phi) is 6.24. The van der Waals surface area contributed by atoms with E-state index >= 15 is 0 Å². The van der Waals surface area contributed by atoms with Crippen LogP contribution in [0, 0.1) is 19.8 Å². The molecule has 0 aliphatic carbocycles. The van der Waals surface area contributed by atoms with Gasteiger partial charge in [-0.2, -0.15) is 0 Å². The van der Waals surface area contributed by atoms with Gasteiger partial charge in [-0.1, -0.05) is 26.8 Å². The van der Waals surface area contributed by atoms with Crippen molar-refractivity contribution in [1.82, 2.24) is 24.5 Å². The first-order valence-electron chi connectivity index (χ1n) is 11.3. The largest absolute Gasteiger partial charge is 0.448 e. The molecule has 0 N–H and O–H groups in total. The van der Waals surface area contributed by atoms with Crippen molar-refractivity contribution in [3.63, 3.8) is 0 Å². The van der Waals surface area contributed by atoms with E-state index in [2.05, 4.69) is 50.6 Å². The van der Waals surface area contributed by atoms with Gasteiger partial charge in [-0.3, -0.25) is 9.90 Å². The van der Waals surface area contributed by atoms with Gasteiger partial charge in [0.05, 0.1) is 37.6 Å². The number of nitrogens with zero attached hydrogens (tertiary/aromatic N) is 5. The third-order valence-corrected chi connectivity index (χ3v) is 6.32. The average molecular weight is 440 g/mol. The van der Waals surface area contributed by atoms with Crippen LogP contribution in [-0.2, 0) is 9.57 Å². The Bertz CT molecular complexity index is 1080. The van der Waals surface area contributed by atoms with Gasteiger partial charge >= 0.3 is 6.09 Å². The van der Waals surface area contributed by atoms with E-state index in [-0.39, 0.29) is 12.1 Å². The van der Waals surface area contributed by atoms with Crippen molar-refractivity contribution in [2.24, 2.45) is 5.92 Å². The Morgan fingerprint density at radius 1 is 1.22 bits per heavy atom. The molecule has 172 valence electrons. The summed E-state index contributed by atoms with van der Waals surface area (Å²) in [5.74, 6) is 0.373. The molecular formula is C24H33N5O3. The number of carbonyl (C=O) groups is 1. The Hall–Kier alpha value is -2.87. The zero-order valence-corrected chi connectivity index (χ0v) is 19.9. The first-order chi connectivity index (χ1) is 15.3. The van der Waals surface area contributed by atoms with Crippen LogP contribution < -0.4 is 0 Å². The summed E-state index contributed by atoms with van der Waals surface area (Å²) in [5, 5.41) is 1.92. The molecule has 8 heteroatoms. The van der Waals surface area contributed by atoms with Gasteiger partial charge in [-0.25, -0.2) is 14.8 Å². The number of allylic oxidation sites excluding steroid dienone is 3. The second kappa shape index (κ2) is 8.94. The lowest BCUT2D eigenvalue weighted by molar-refractivity contribution is -0.0966. The summed E-state index contributed by atoms with van der Waals surface area (Å²) in [6, 6.07) is 0.116. The smallest absolute Gasteiger partial charge is 0.410 e. The van der Waals surface area contributed by atoms with Gasteiger partial charge in [0.25, 0.3) is 0 Å². The lowest BCUT2D eigenvalue weighted by Gasteiger charge is -2.30. The maximum atomic E-state index is 12.0. The second-order valence-electron chi connectivity index (χ2n) is 8.83. The van der Waals surface area contributed by atoms with Crippen molar-refractivity contribution in [3.05, 3.63) is 41.0 Å². The molecule has 1 saturated heterocycles. The van der Waals surface area contributed by atoms with Crippen LogP contribution in [0.4, 0.5) is 4.79 Å². The fraction of sp³-hybridized carbons (Fsp3) is 0.542. The summed E-state index contributed by atoms with van der Waals surface area (Å²) in [6.45, 7) is 12.9. The van der Waals surface area contributed by atoms with Crippen molar-refractivity contribution in [2.75, 3.05) is 33.4 Å². The van der Waals surface area contributed by atoms with Gasteiger partial charge in [0.15, 0.2) is 5.65 Å². The van der Waals surface area contributed by atoms with Gasteiger partial charge in [0, 0.05) is 24.0 Å². The number of ether oxygens (including phenoxy) is 1. The van der Waals surface area contributed by atoms with E-state index in [0.717, 1.165) is 45.8 Å². The Morgan fingerprint density at radius 2 is 2.00 bits per heavy atom. The van der Waals surface area contributed by atoms with Gasteiger partial charge in [-0.05, 0) is 37.8 Å². The number of hydrogen-bond donors (Lipinski definition) is 0. The molecule has 0 bridgehead atoms. The number of hydroxylamine groups is 2. The molecule has 2 aliphatic heterocycles. The van der Waals surface area contributed by atoms with Gasteiger partial charge in [0.1, 0.15) is 12.1 Å². The van der Waals surface area contributed by atoms with Crippen LogP contribution in [0.25, 0.3) is 16.7 Å². The number of carbonyl (C=O) groups excluding carboxylic acids is 1. The zero-order chi connectivity index (χ0) is 23.0. The highest BCUT2D eigenvalue weighted by molar-refractivity contribution is 5.80. The summed E-state index contributed by atoms with van der Waals surface area (Å²) in [5.41, 5.74) is 6.86. The fourth-order valence-corrected chi connectivity index (χ4v) is 4.50. The van der Waals surface area contributed by atoms with Crippen LogP contribution in [0.2, 0.25) is 0 Å². The van der Waals surface area contributed by atoms with E-state index in [1.807, 2.05) is 12.0 Å². The van der Waals surface area contributed by atoms with E-state index < -0.39 is 0 Å². The molecule has 4 heterocycles. The maximum absolute atomic E-state index is 12.0. The maximum Gasteiger partial charge on any atom is 0.410 e. The fourth-order valence-electron chi connectivity index (χ4n) is 4.50. The second-order valence-corrected chi connectivity index (χ2v) is 8.83. The monoisotopic (exact) mass is 439 g/mol. The number of rotatable bonds is 7. The van der Waals surface area contributed by atoms with E-state index in [9.17, 15) is 4.79 Å². The molecule has 0 radical (unpaired) electrons. The number of fused-ring (bicyclic) bond motifs is 1. The number of amides is 1. The molecule has 32 heavy (non-hydrogen) atoms. The highest BCUT2D eigenvalue weighted by Gasteiger charge is 2.27. The van der Waals surface area contributed by atoms with Crippen LogP contribution >= 0.6 is 0 Å². The quantitative estimate of drug-likeness (QED) is 0.642. The van der Waals surface area contributed by atoms with Crippen LogP contribution in [0.1, 0.15) is 50.2 Å². The first-order valence-corrected chi connectivity index (χ1v) is 11.3. The van der Waals surface area contributed by atoms with Crippen molar-refractivity contribution in [3.8, 4) is 0 Å². The molecule has 2 aromatic rings. The number of aryl methyl sites for hydroxylation is 2. The summed E-state index contributed by atoms with van der Waals surface area (Å²) < 4.78 is 7.28. The summed E-state index contributed by atoms with van der Waals surface area (Å²) in [4.78, 5) is 29.4. The lowest BCUT2D eigenvalue weighted by atomic mass is 10.0. The molecule has 0 aromatic carbocycles. The Balaban J connectivity index is 1.71. The Morgan fingerprint density at radius 3 is 2.62 bits per heavy atom. The predicted octanol–water partition coefficient (Wildman–Crippen LogP) is 4.25. The van der Waals surface area contributed by atoms with Crippen LogP contribution in [0.5, 0.6) is 0 Å². The van der Waals surface area contributed by atoms with Crippen molar-refractivity contribution in [2.45, 2.75) is 47.1 Å². The molecule has 0 saturated carbocycles. The van der Waals surface area contributed by atoms with E-state index in [4.69, 9.17) is 19.5 Å². The standard InChI is InChI=1S/C24H33N5O3/c1-7-19(14-27-10-11-32-24(27)30)28-12-16(4)21-23(28)25-17(5)22(26-21)18-8-9-20(15(2)3)29(13-18)31-6/h8-9,12,15,19H,7,10-11,13-14H2,1-6H3. The molecule has 0 spiro atoms. The minimum Gasteiger partial charge on any atom is -0.448 e. The average Bonchev–Trinajstić information content (AvgIpc) is 3.33. The van der Waals surface area contributed by atoms with Gasteiger partial charge < -0.3 is 14.2 Å². The summed E-state index contributed by atoms with van der Waals surface area (Å²) in [7, 11) is 1.70. The van der Waals surface area contributed by atoms with E-state index in [1.54, 1.807) is 12.0 Å². The van der Waals surface area contributed by atoms with Crippen molar-refractivity contribution < 1.29 is 14.4 Å². The third kappa shape index (κ3) is 3.99. The topological polar surface area (TPSA) is 72.7 Å². The molecule has 1 amide bonds. The molecule has 2 aliphatic rings. The number of cyclic esters (lactones) is 1. The predicted molar refractivity (Wildman–Crippen MR) is 124 cm³/mol. The summed E-state index contributed by atoms with van der Waals surface area (Å²) in [6.07, 6.45) is 7.00. The zero-order valence-electron chi connectivity index (χ0n) is 19.9. The van der Waals surface area contributed by atoms with E-state index in [1.165, 1.54) is 0 Å².